The second-order valence-electron chi connectivity index (χ2n) is 4.17. The number of nitrogens with zero attached hydrogens (tertiary/aromatic N) is 3. The molecule has 1 aliphatic rings. The lowest BCUT2D eigenvalue weighted by Crippen LogP contribution is -2.34. The maximum atomic E-state index is 11.0. The second-order valence-corrected chi connectivity index (χ2v) is 4.17. The van der Waals surface area contributed by atoms with E-state index in [-0.39, 0.29) is 12.0 Å². The predicted molar refractivity (Wildman–Crippen MR) is 59.3 cm³/mol. The molecule has 0 bridgehead atoms. The number of carbonyl (C=O) groups is 1. The van der Waals surface area contributed by atoms with Gasteiger partial charge < -0.3 is 10.0 Å². The van der Waals surface area contributed by atoms with Crippen LogP contribution in [0.5, 0.6) is 0 Å². The topological polar surface area (TPSA) is 66.3 Å². The standard InChI is InChI=1S/C11H15N3O2/c1-7-3-5-12-11(13-7)14-6-4-9(8(14)2)10(15)16/h3,5,8-9H,4,6H2,1-2H3,(H,15,16). The number of aromatic nitrogens is 2. The first kappa shape index (κ1) is 10.9. The quantitative estimate of drug-likeness (QED) is 0.809. The highest BCUT2D eigenvalue weighted by molar-refractivity contribution is 5.72. The molecule has 2 heterocycles. The van der Waals surface area contributed by atoms with Crippen molar-refractivity contribution in [1.29, 1.82) is 0 Å². The van der Waals surface area contributed by atoms with Crippen LogP contribution in [0.15, 0.2) is 12.3 Å². The number of hydrogen-bond donors (Lipinski definition) is 1. The van der Waals surface area contributed by atoms with E-state index in [0.717, 1.165) is 5.69 Å². The minimum Gasteiger partial charge on any atom is -0.481 e. The molecule has 2 rings (SSSR count). The van der Waals surface area contributed by atoms with Crippen molar-refractivity contribution in [3.63, 3.8) is 0 Å². The Morgan fingerprint density at radius 3 is 2.94 bits per heavy atom. The summed E-state index contributed by atoms with van der Waals surface area (Å²) in [6, 6.07) is 1.79. The van der Waals surface area contributed by atoms with Crippen LogP contribution in [0, 0.1) is 12.8 Å². The minimum absolute atomic E-state index is 0.0423. The van der Waals surface area contributed by atoms with Crippen LogP contribution in [0.4, 0.5) is 5.95 Å². The summed E-state index contributed by atoms with van der Waals surface area (Å²) in [6.07, 6.45) is 2.37. The van der Waals surface area contributed by atoms with E-state index in [1.54, 1.807) is 6.20 Å². The van der Waals surface area contributed by atoms with Gasteiger partial charge >= 0.3 is 5.97 Å². The van der Waals surface area contributed by atoms with E-state index < -0.39 is 5.97 Å². The Balaban J connectivity index is 2.21. The van der Waals surface area contributed by atoms with Crippen LogP contribution in [-0.2, 0) is 4.79 Å². The fourth-order valence-electron chi connectivity index (χ4n) is 2.13. The molecule has 1 fully saturated rings. The number of carboxylic acid groups (broad SMARTS) is 1. The van der Waals surface area contributed by atoms with Crippen LogP contribution in [0.1, 0.15) is 19.0 Å². The normalized spacial score (nSPS) is 24.8. The fourth-order valence-corrected chi connectivity index (χ4v) is 2.13. The van der Waals surface area contributed by atoms with Gasteiger partial charge in [0.2, 0.25) is 5.95 Å². The van der Waals surface area contributed by atoms with Gasteiger partial charge in [0, 0.05) is 24.5 Å². The van der Waals surface area contributed by atoms with E-state index in [4.69, 9.17) is 5.11 Å². The first-order chi connectivity index (χ1) is 7.59. The molecule has 2 atom stereocenters. The number of carboxylic acids is 1. The second kappa shape index (κ2) is 4.08. The third kappa shape index (κ3) is 1.85. The van der Waals surface area contributed by atoms with Crippen LogP contribution in [0.2, 0.25) is 0 Å². The molecular formula is C11H15N3O2. The van der Waals surface area contributed by atoms with E-state index >= 15 is 0 Å². The van der Waals surface area contributed by atoms with Gasteiger partial charge in [-0.3, -0.25) is 4.79 Å². The number of hydrogen-bond acceptors (Lipinski definition) is 4. The molecule has 5 nitrogen and oxygen atoms in total. The van der Waals surface area contributed by atoms with Crippen molar-refractivity contribution in [2.45, 2.75) is 26.3 Å². The average molecular weight is 221 g/mol. The van der Waals surface area contributed by atoms with Crippen molar-refractivity contribution < 1.29 is 9.90 Å². The van der Waals surface area contributed by atoms with E-state index in [1.165, 1.54) is 0 Å². The summed E-state index contributed by atoms with van der Waals surface area (Å²) in [7, 11) is 0. The molecule has 0 amide bonds. The smallest absolute Gasteiger partial charge is 0.308 e. The molecule has 1 saturated heterocycles. The summed E-state index contributed by atoms with van der Waals surface area (Å²) in [4.78, 5) is 21.5. The van der Waals surface area contributed by atoms with Gasteiger partial charge in [-0.15, -0.1) is 0 Å². The predicted octanol–water partition coefficient (Wildman–Crippen LogP) is 1.08. The average Bonchev–Trinajstić information content (AvgIpc) is 2.60. The molecular weight excluding hydrogens is 206 g/mol. The Labute approximate surface area is 94.1 Å². The molecule has 16 heavy (non-hydrogen) atoms. The molecule has 86 valence electrons. The summed E-state index contributed by atoms with van der Waals surface area (Å²) < 4.78 is 0. The molecule has 0 saturated carbocycles. The molecule has 1 aliphatic heterocycles. The first-order valence-corrected chi connectivity index (χ1v) is 5.38. The third-order valence-corrected chi connectivity index (χ3v) is 3.11. The number of rotatable bonds is 2. The van der Waals surface area contributed by atoms with Gasteiger partial charge in [-0.2, -0.15) is 0 Å². The van der Waals surface area contributed by atoms with Crippen LogP contribution in [0.25, 0.3) is 0 Å². The molecule has 0 radical (unpaired) electrons. The third-order valence-electron chi connectivity index (χ3n) is 3.11. The Morgan fingerprint density at radius 1 is 1.62 bits per heavy atom. The molecule has 0 aromatic carbocycles. The summed E-state index contributed by atoms with van der Waals surface area (Å²) in [5, 5.41) is 9.04. The van der Waals surface area contributed by atoms with Crippen LogP contribution in [-0.4, -0.2) is 33.6 Å². The highest BCUT2D eigenvalue weighted by Crippen LogP contribution is 2.27. The molecule has 0 spiro atoms. The molecule has 1 N–H and O–H groups in total. The zero-order chi connectivity index (χ0) is 11.7. The van der Waals surface area contributed by atoms with Gasteiger partial charge in [0.25, 0.3) is 0 Å². The summed E-state index contributed by atoms with van der Waals surface area (Å²) in [5.74, 6) is -0.414. The Hall–Kier alpha value is -1.65. The number of aliphatic carboxylic acids is 1. The van der Waals surface area contributed by atoms with Crippen LogP contribution < -0.4 is 4.90 Å². The van der Waals surface area contributed by atoms with Crippen molar-refractivity contribution in [3.05, 3.63) is 18.0 Å². The van der Waals surface area contributed by atoms with Crippen molar-refractivity contribution in [2.75, 3.05) is 11.4 Å². The molecule has 5 heteroatoms. The minimum atomic E-state index is -0.734. The van der Waals surface area contributed by atoms with E-state index in [1.807, 2.05) is 24.8 Å². The molecule has 2 unspecified atom stereocenters. The maximum Gasteiger partial charge on any atom is 0.308 e. The van der Waals surface area contributed by atoms with Crippen LogP contribution in [0.3, 0.4) is 0 Å². The van der Waals surface area contributed by atoms with Gasteiger partial charge in [-0.25, -0.2) is 9.97 Å². The summed E-state index contributed by atoms with van der Waals surface area (Å²) in [6.45, 7) is 4.53. The van der Waals surface area contributed by atoms with Crippen molar-refractivity contribution in [1.82, 2.24) is 9.97 Å². The summed E-state index contributed by atoms with van der Waals surface area (Å²) >= 11 is 0. The van der Waals surface area contributed by atoms with Crippen molar-refractivity contribution >= 4 is 11.9 Å². The Kier molecular flexibility index (Phi) is 2.77. The Morgan fingerprint density at radius 2 is 2.38 bits per heavy atom. The first-order valence-electron chi connectivity index (χ1n) is 5.38. The van der Waals surface area contributed by atoms with E-state index in [9.17, 15) is 4.79 Å². The SMILES string of the molecule is Cc1ccnc(N2CCC(C(=O)O)C2C)n1. The zero-order valence-electron chi connectivity index (χ0n) is 9.42. The monoisotopic (exact) mass is 221 g/mol. The van der Waals surface area contributed by atoms with Gasteiger partial charge in [0.1, 0.15) is 0 Å². The molecule has 1 aromatic rings. The lowest BCUT2D eigenvalue weighted by molar-refractivity contribution is -0.141. The lowest BCUT2D eigenvalue weighted by atomic mass is 10.0. The number of aryl methyl sites for hydroxylation is 1. The van der Waals surface area contributed by atoms with Crippen molar-refractivity contribution in [3.8, 4) is 0 Å². The molecule has 1 aromatic heterocycles. The highest BCUT2D eigenvalue weighted by Gasteiger charge is 2.36. The van der Waals surface area contributed by atoms with E-state index in [2.05, 4.69) is 9.97 Å². The van der Waals surface area contributed by atoms with Gasteiger partial charge in [0.15, 0.2) is 0 Å². The zero-order valence-corrected chi connectivity index (χ0v) is 9.42. The van der Waals surface area contributed by atoms with Crippen molar-refractivity contribution in [2.24, 2.45) is 5.92 Å². The maximum absolute atomic E-state index is 11.0. The number of anilines is 1. The largest absolute Gasteiger partial charge is 0.481 e. The highest BCUT2D eigenvalue weighted by atomic mass is 16.4. The van der Waals surface area contributed by atoms with Crippen LogP contribution >= 0.6 is 0 Å². The molecule has 0 aliphatic carbocycles. The van der Waals surface area contributed by atoms with Gasteiger partial charge in [-0.05, 0) is 26.3 Å². The van der Waals surface area contributed by atoms with E-state index in [0.29, 0.717) is 18.9 Å². The van der Waals surface area contributed by atoms with Gasteiger partial charge in [-0.1, -0.05) is 0 Å². The van der Waals surface area contributed by atoms with Gasteiger partial charge in [0.05, 0.1) is 5.92 Å². The summed E-state index contributed by atoms with van der Waals surface area (Å²) in [5.41, 5.74) is 0.899. The lowest BCUT2D eigenvalue weighted by Gasteiger charge is -2.23. The fraction of sp³-hybridized carbons (Fsp3) is 0.545. The Bertz CT molecular complexity index is 408.